The van der Waals surface area contributed by atoms with Gasteiger partial charge in [0.1, 0.15) is 18.1 Å². The Labute approximate surface area is 205 Å². The lowest BCUT2D eigenvalue weighted by atomic mass is 10.2. The van der Waals surface area contributed by atoms with E-state index in [1.165, 1.54) is 7.11 Å². The summed E-state index contributed by atoms with van der Waals surface area (Å²) in [6.07, 6.45) is 0.906. The van der Waals surface area contributed by atoms with Gasteiger partial charge in [0.2, 0.25) is 5.91 Å². The van der Waals surface area contributed by atoms with Crippen molar-refractivity contribution in [2.24, 2.45) is 0 Å². The SMILES string of the molecule is COCC(=O)N(C)C1CCN(c2ccc(NC(=O)Nc3ccc(Oc4ccccc4)cc3)cc2)C1. The van der Waals surface area contributed by atoms with Crippen LogP contribution in [0, 0.1) is 0 Å². The van der Waals surface area contributed by atoms with Crippen molar-refractivity contribution in [3.63, 3.8) is 0 Å². The van der Waals surface area contributed by atoms with Crippen molar-refractivity contribution in [2.75, 3.05) is 49.4 Å². The number of ether oxygens (including phenoxy) is 2. The largest absolute Gasteiger partial charge is 0.457 e. The van der Waals surface area contributed by atoms with Crippen LogP contribution in [0.4, 0.5) is 21.9 Å². The van der Waals surface area contributed by atoms with Gasteiger partial charge in [-0.05, 0) is 67.1 Å². The van der Waals surface area contributed by atoms with Gasteiger partial charge in [-0.15, -0.1) is 0 Å². The number of methoxy groups -OCH3 is 1. The highest BCUT2D eigenvalue weighted by Crippen LogP contribution is 2.25. The predicted octanol–water partition coefficient (Wildman–Crippen LogP) is 4.81. The van der Waals surface area contributed by atoms with E-state index < -0.39 is 0 Å². The number of carbonyl (C=O) groups excluding carboxylic acids is 2. The van der Waals surface area contributed by atoms with E-state index in [1.807, 2.05) is 61.6 Å². The summed E-state index contributed by atoms with van der Waals surface area (Å²) in [5.74, 6) is 1.44. The number of para-hydroxylation sites is 1. The van der Waals surface area contributed by atoms with Gasteiger partial charge in [-0.3, -0.25) is 4.79 Å². The van der Waals surface area contributed by atoms with Crippen LogP contribution in [0.2, 0.25) is 0 Å². The van der Waals surface area contributed by atoms with Gasteiger partial charge in [0.05, 0.1) is 6.04 Å². The Kier molecular flexibility index (Phi) is 7.84. The number of nitrogens with zero attached hydrogens (tertiary/aromatic N) is 2. The molecule has 0 aromatic heterocycles. The molecule has 0 spiro atoms. The standard InChI is InChI=1S/C27H30N4O4/c1-30(26(32)19-34-2)23-16-17-31(18-23)22-12-8-20(9-13-22)28-27(33)29-21-10-14-25(15-11-21)35-24-6-4-3-5-7-24/h3-15,23H,16-19H2,1-2H3,(H2,28,29,33). The monoisotopic (exact) mass is 474 g/mol. The van der Waals surface area contributed by atoms with E-state index >= 15 is 0 Å². The third-order valence-corrected chi connectivity index (χ3v) is 5.95. The van der Waals surface area contributed by atoms with Crippen LogP contribution in [0.1, 0.15) is 6.42 Å². The fraction of sp³-hybridized carbons (Fsp3) is 0.259. The van der Waals surface area contributed by atoms with Gasteiger partial charge >= 0.3 is 6.03 Å². The molecule has 3 aromatic carbocycles. The lowest BCUT2D eigenvalue weighted by Crippen LogP contribution is -2.40. The zero-order chi connectivity index (χ0) is 24.6. The number of hydrogen-bond donors (Lipinski definition) is 2. The Morgan fingerprint density at radius 1 is 0.914 bits per heavy atom. The lowest BCUT2D eigenvalue weighted by Gasteiger charge is -2.25. The van der Waals surface area contributed by atoms with Crippen LogP contribution in [0.25, 0.3) is 0 Å². The molecule has 1 fully saturated rings. The molecule has 1 saturated heterocycles. The van der Waals surface area contributed by atoms with Crippen molar-refractivity contribution in [3.8, 4) is 11.5 Å². The van der Waals surface area contributed by atoms with Crippen molar-refractivity contribution >= 4 is 29.0 Å². The maximum absolute atomic E-state index is 12.4. The summed E-state index contributed by atoms with van der Waals surface area (Å²) >= 11 is 0. The number of anilines is 3. The number of hydrogen-bond acceptors (Lipinski definition) is 5. The number of likely N-dealkylation sites (N-methyl/N-ethyl adjacent to an activating group) is 1. The minimum absolute atomic E-state index is 0.0109. The molecule has 2 N–H and O–H groups in total. The highest BCUT2D eigenvalue weighted by atomic mass is 16.5. The number of nitrogens with one attached hydrogen (secondary N) is 2. The van der Waals surface area contributed by atoms with Gasteiger partial charge in [-0.25, -0.2) is 4.79 Å². The molecular weight excluding hydrogens is 444 g/mol. The molecule has 3 amide bonds. The second-order valence-corrected chi connectivity index (χ2v) is 8.39. The Bertz CT molecular complexity index is 1120. The third-order valence-electron chi connectivity index (χ3n) is 5.95. The molecular formula is C27H30N4O4. The molecule has 4 rings (SSSR count). The second-order valence-electron chi connectivity index (χ2n) is 8.39. The molecule has 0 aliphatic carbocycles. The number of amides is 3. The normalized spacial score (nSPS) is 14.9. The smallest absolute Gasteiger partial charge is 0.323 e. The molecule has 0 radical (unpaired) electrons. The average molecular weight is 475 g/mol. The van der Waals surface area contributed by atoms with Crippen LogP contribution in [0.3, 0.4) is 0 Å². The van der Waals surface area contributed by atoms with Crippen LogP contribution in [0.15, 0.2) is 78.9 Å². The van der Waals surface area contributed by atoms with Crippen LogP contribution in [-0.4, -0.2) is 56.7 Å². The van der Waals surface area contributed by atoms with E-state index in [9.17, 15) is 9.59 Å². The highest BCUT2D eigenvalue weighted by Gasteiger charge is 2.28. The summed E-state index contributed by atoms with van der Waals surface area (Å²) < 4.78 is 10.7. The number of carbonyl (C=O) groups is 2. The van der Waals surface area contributed by atoms with Crippen LogP contribution < -0.4 is 20.3 Å². The molecule has 1 aliphatic heterocycles. The number of rotatable bonds is 8. The van der Waals surface area contributed by atoms with Gasteiger partial charge < -0.3 is 29.9 Å². The van der Waals surface area contributed by atoms with Crippen molar-refractivity contribution in [1.82, 2.24) is 4.90 Å². The second kappa shape index (κ2) is 11.4. The fourth-order valence-corrected chi connectivity index (χ4v) is 4.00. The molecule has 1 unspecified atom stereocenters. The van der Waals surface area contributed by atoms with Crippen LogP contribution in [0.5, 0.6) is 11.5 Å². The van der Waals surface area contributed by atoms with Gasteiger partial charge in [0.25, 0.3) is 0 Å². The molecule has 3 aromatic rings. The van der Waals surface area contributed by atoms with E-state index in [0.29, 0.717) is 17.1 Å². The zero-order valence-electron chi connectivity index (χ0n) is 19.9. The summed E-state index contributed by atoms with van der Waals surface area (Å²) in [5, 5.41) is 5.68. The molecule has 0 bridgehead atoms. The molecule has 35 heavy (non-hydrogen) atoms. The minimum Gasteiger partial charge on any atom is -0.457 e. The van der Waals surface area contributed by atoms with Crippen molar-refractivity contribution in [1.29, 1.82) is 0 Å². The number of urea groups is 1. The summed E-state index contributed by atoms with van der Waals surface area (Å²) in [4.78, 5) is 28.5. The molecule has 1 atom stereocenters. The average Bonchev–Trinajstić information content (AvgIpc) is 3.36. The summed E-state index contributed by atoms with van der Waals surface area (Å²) in [5.41, 5.74) is 2.41. The first-order valence-electron chi connectivity index (χ1n) is 11.5. The van der Waals surface area contributed by atoms with E-state index in [1.54, 1.807) is 29.2 Å². The quantitative estimate of drug-likeness (QED) is 0.490. The summed E-state index contributed by atoms with van der Waals surface area (Å²) in [7, 11) is 3.35. The Hall–Kier alpha value is -4.04. The summed E-state index contributed by atoms with van der Waals surface area (Å²) in [6.45, 7) is 1.73. The summed E-state index contributed by atoms with van der Waals surface area (Å²) in [6, 6.07) is 24.3. The molecule has 1 aliphatic rings. The third kappa shape index (κ3) is 6.51. The first-order valence-corrected chi connectivity index (χ1v) is 11.5. The van der Waals surface area contributed by atoms with Crippen molar-refractivity contribution < 1.29 is 19.1 Å². The molecule has 1 heterocycles. The van der Waals surface area contributed by atoms with E-state index in [0.717, 1.165) is 30.9 Å². The predicted molar refractivity (Wildman–Crippen MR) is 137 cm³/mol. The van der Waals surface area contributed by atoms with E-state index in [4.69, 9.17) is 9.47 Å². The lowest BCUT2D eigenvalue weighted by molar-refractivity contribution is -0.135. The van der Waals surface area contributed by atoms with Crippen LogP contribution in [-0.2, 0) is 9.53 Å². The molecule has 0 saturated carbocycles. The molecule has 8 nitrogen and oxygen atoms in total. The van der Waals surface area contributed by atoms with Crippen LogP contribution >= 0.6 is 0 Å². The Morgan fingerprint density at radius 3 is 2.14 bits per heavy atom. The van der Waals surface area contributed by atoms with Gasteiger partial charge in [-0.1, -0.05) is 18.2 Å². The van der Waals surface area contributed by atoms with Gasteiger partial charge in [-0.2, -0.15) is 0 Å². The minimum atomic E-state index is -0.325. The molecule has 8 heteroatoms. The maximum atomic E-state index is 12.4. The van der Waals surface area contributed by atoms with Crippen molar-refractivity contribution in [3.05, 3.63) is 78.9 Å². The fourth-order valence-electron chi connectivity index (χ4n) is 4.00. The van der Waals surface area contributed by atoms with Gasteiger partial charge in [0.15, 0.2) is 0 Å². The van der Waals surface area contributed by atoms with E-state index in [-0.39, 0.29) is 24.6 Å². The first-order chi connectivity index (χ1) is 17.0. The topological polar surface area (TPSA) is 83.1 Å². The first kappa shape index (κ1) is 24.1. The van der Waals surface area contributed by atoms with E-state index in [2.05, 4.69) is 15.5 Å². The van der Waals surface area contributed by atoms with Crippen molar-refractivity contribution in [2.45, 2.75) is 12.5 Å². The highest BCUT2D eigenvalue weighted by molar-refractivity contribution is 5.99. The zero-order valence-corrected chi connectivity index (χ0v) is 19.9. The van der Waals surface area contributed by atoms with Gasteiger partial charge in [0, 0.05) is 44.3 Å². The maximum Gasteiger partial charge on any atom is 0.323 e. The molecule has 182 valence electrons. The Balaban J connectivity index is 1.26. The number of benzene rings is 3. The Morgan fingerprint density at radius 2 is 1.51 bits per heavy atom.